The van der Waals surface area contributed by atoms with Crippen molar-refractivity contribution in [3.8, 4) is 5.88 Å². The van der Waals surface area contributed by atoms with Crippen LogP contribution in [0.15, 0.2) is 18.3 Å². The zero-order chi connectivity index (χ0) is 22.7. The average molecular weight is 470 g/mol. The summed E-state index contributed by atoms with van der Waals surface area (Å²) in [5, 5.41) is 9.03. The van der Waals surface area contributed by atoms with Gasteiger partial charge in [-0.2, -0.15) is 8.42 Å². The monoisotopic (exact) mass is 469 g/mol. The highest BCUT2D eigenvalue weighted by Crippen LogP contribution is 2.32. The number of hydrogen-bond donors (Lipinski definition) is 1. The predicted molar refractivity (Wildman–Crippen MR) is 117 cm³/mol. The van der Waals surface area contributed by atoms with Crippen LogP contribution in [0.1, 0.15) is 38.5 Å². The number of aromatic nitrogens is 1. The maximum absolute atomic E-state index is 11.3. The summed E-state index contributed by atoms with van der Waals surface area (Å²) in [7, 11) is -3.43. The van der Waals surface area contributed by atoms with E-state index in [1.165, 1.54) is 4.90 Å². The molecule has 0 radical (unpaired) electrons. The molecule has 32 heavy (non-hydrogen) atoms. The van der Waals surface area contributed by atoms with Gasteiger partial charge in [-0.1, -0.05) is 0 Å². The van der Waals surface area contributed by atoms with Crippen LogP contribution < -0.4 is 9.64 Å². The summed E-state index contributed by atoms with van der Waals surface area (Å²) in [5.74, 6) is 0.579. The van der Waals surface area contributed by atoms with Crippen molar-refractivity contribution in [2.75, 3.05) is 37.3 Å². The molecule has 0 unspecified atom stereocenters. The summed E-state index contributed by atoms with van der Waals surface area (Å²) < 4.78 is 39.9. The van der Waals surface area contributed by atoms with E-state index in [2.05, 4.69) is 9.88 Å². The summed E-state index contributed by atoms with van der Waals surface area (Å²) in [4.78, 5) is 18.9. The molecule has 11 heteroatoms. The fourth-order valence-electron chi connectivity index (χ4n) is 4.47. The number of ether oxygens (including phenoxy) is 2. The third-order valence-corrected chi connectivity index (χ3v) is 6.89. The Morgan fingerprint density at radius 3 is 2.31 bits per heavy atom. The van der Waals surface area contributed by atoms with Gasteiger partial charge in [0.1, 0.15) is 6.10 Å². The largest absolute Gasteiger partial charge is 0.474 e. The minimum atomic E-state index is -3.43. The van der Waals surface area contributed by atoms with E-state index in [1.54, 1.807) is 6.20 Å². The lowest BCUT2D eigenvalue weighted by molar-refractivity contribution is -0.109. The van der Waals surface area contributed by atoms with Crippen molar-refractivity contribution in [3.05, 3.63) is 18.3 Å². The van der Waals surface area contributed by atoms with E-state index >= 15 is 0 Å². The van der Waals surface area contributed by atoms with E-state index in [1.807, 2.05) is 12.1 Å². The van der Waals surface area contributed by atoms with Gasteiger partial charge in [0.05, 0.1) is 24.6 Å². The normalized spacial score (nSPS) is 25.4. The number of carbonyl (C=O) groups is 1. The number of pyridine rings is 1. The van der Waals surface area contributed by atoms with Crippen molar-refractivity contribution in [2.45, 2.75) is 62.9 Å². The fourth-order valence-corrected chi connectivity index (χ4v) is 5.16. The first-order valence-electron chi connectivity index (χ1n) is 11.1. The number of carboxylic acid groups (broad SMARTS) is 1. The van der Waals surface area contributed by atoms with Gasteiger partial charge in [-0.15, -0.1) is 0 Å². The molecular weight excluding hydrogens is 438 g/mol. The van der Waals surface area contributed by atoms with E-state index in [4.69, 9.17) is 18.8 Å². The Labute approximate surface area is 188 Å². The van der Waals surface area contributed by atoms with Gasteiger partial charge in [0.2, 0.25) is 5.88 Å². The molecule has 0 bridgehead atoms. The summed E-state index contributed by atoms with van der Waals surface area (Å²) in [6.45, 7) is 2.48. The molecule has 0 aromatic carbocycles. The van der Waals surface area contributed by atoms with Gasteiger partial charge in [-0.05, 0) is 31.7 Å². The van der Waals surface area contributed by atoms with Crippen molar-refractivity contribution in [1.29, 1.82) is 0 Å². The van der Waals surface area contributed by atoms with Crippen molar-refractivity contribution in [2.24, 2.45) is 0 Å². The molecule has 0 atom stereocenters. The first-order chi connectivity index (χ1) is 15.2. The molecule has 2 aliphatic heterocycles. The minimum Gasteiger partial charge on any atom is -0.474 e. The second-order valence-corrected chi connectivity index (χ2v) is 10.4. The Morgan fingerprint density at radius 2 is 1.69 bits per heavy atom. The third-order valence-electron chi connectivity index (χ3n) is 6.27. The van der Waals surface area contributed by atoms with Crippen molar-refractivity contribution < 1.29 is 32.0 Å². The fraction of sp³-hybridized carbons (Fsp3) is 0.714. The van der Waals surface area contributed by atoms with E-state index in [0.29, 0.717) is 44.9 Å². The van der Waals surface area contributed by atoms with Crippen LogP contribution in [0, 0.1) is 0 Å². The summed E-state index contributed by atoms with van der Waals surface area (Å²) in [5.41, 5.74) is 1.00. The number of likely N-dealkylation sites (tertiary alicyclic amines) is 1. The van der Waals surface area contributed by atoms with E-state index in [9.17, 15) is 13.2 Å². The maximum Gasteiger partial charge on any atom is 0.407 e. The molecule has 1 saturated carbocycles. The number of hydrogen-bond acceptors (Lipinski definition) is 8. The molecule has 1 aliphatic carbocycles. The highest BCUT2D eigenvalue weighted by Gasteiger charge is 2.35. The molecule has 178 valence electrons. The van der Waals surface area contributed by atoms with Crippen LogP contribution in [-0.4, -0.2) is 86.4 Å². The second kappa shape index (κ2) is 9.80. The highest BCUT2D eigenvalue weighted by molar-refractivity contribution is 7.86. The molecule has 4 rings (SSSR count). The lowest BCUT2D eigenvalue weighted by atomic mass is 9.91. The predicted octanol–water partition coefficient (Wildman–Crippen LogP) is 2.10. The van der Waals surface area contributed by atoms with E-state index < -0.39 is 16.2 Å². The summed E-state index contributed by atoms with van der Waals surface area (Å²) >= 11 is 0. The van der Waals surface area contributed by atoms with Gasteiger partial charge in [-0.25, -0.2) is 9.78 Å². The summed E-state index contributed by atoms with van der Waals surface area (Å²) in [6, 6.07) is 3.86. The third kappa shape index (κ3) is 6.23. The Balaban J connectivity index is 1.19. The lowest BCUT2D eigenvalue weighted by Gasteiger charge is -2.39. The Morgan fingerprint density at radius 1 is 1.03 bits per heavy atom. The second-order valence-electron chi connectivity index (χ2n) is 8.78. The molecular formula is C21H31N3O7S. The van der Waals surface area contributed by atoms with Crippen LogP contribution in [-0.2, 0) is 19.0 Å². The van der Waals surface area contributed by atoms with Crippen LogP contribution in [0.4, 0.5) is 10.5 Å². The molecule has 10 nitrogen and oxygen atoms in total. The van der Waals surface area contributed by atoms with Gasteiger partial charge in [0, 0.05) is 57.0 Å². The van der Waals surface area contributed by atoms with E-state index in [-0.39, 0.29) is 24.4 Å². The first-order valence-corrected chi connectivity index (χ1v) is 13.0. The van der Waals surface area contributed by atoms with Crippen LogP contribution in [0.3, 0.4) is 0 Å². The average Bonchev–Trinajstić information content (AvgIpc) is 2.72. The number of amides is 1. The number of rotatable bonds is 7. The van der Waals surface area contributed by atoms with Crippen molar-refractivity contribution in [1.82, 2.24) is 9.88 Å². The molecule has 3 heterocycles. The van der Waals surface area contributed by atoms with Crippen LogP contribution in [0.25, 0.3) is 0 Å². The van der Waals surface area contributed by atoms with Gasteiger partial charge in [0.25, 0.3) is 10.1 Å². The van der Waals surface area contributed by atoms with Crippen LogP contribution in [0.5, 0.6) is 5.88 Å². The zero-order valence-electron chi connectivity index (χ0n) is 18.3. The first kappa shape index (κ1) is 23.1. The highest BCUT2D eigenvalue weighted by atomic mass is 32.2. The van der Waals surface area contributed by atoms with Crippen LogP contribution >= 0.6 is 0 Å². The molecule has 3 fully saturated rings. The Kier molecular flexibility index (Phi) is 7.06. The van der Waals surface area contributed by atoms with Gasteiger partial charge >= 0.3 is 6.09 Å². The molecule has 3 aliphatic rings. The molecule has 0 spiro atoms. The number of nitrogens with zero attached hydrogens (tertiary/aromatic N) is 3. The van der Waals surface area contributed by atoms with Gasteiger partial charge in [0.15, 0.2) is 0 Å². The quantitative estimate of drug-likeness (QED) is 0.599. The van der Waals surface area contributed by atoms with E-state index in [0.717, 1.165) is 37.6 Å². The van der Waals surface area contributed by atoms with Gasteiger partial charge in [-0.3, -0.25) is 4.18 Å². The Hall–Kier alpha value is -2.11. The standard InChI is InChI=1S/C21H31N3O7S/c1-32(27,28)31-17-5-8-23(9-6-17)15-2-7-22-20(12-15)30-19-13-18(14-19)29-16-3-10-24(11-4-16)21(25)26/h2,7,12,16-19H,3-6,8-11,13-14H2,1H3,(H,25,26). The summed E-state index contributed by atoms with van der Waals surface area (Å²) in [6.07, 6.45) is 6.42. The SMILES string of the molecule is CS(=O)(=O)OC1CCN(c2ccnc(OC3CC(OC4CCN(C(=O)O)CC4)C3)c2)CC1. The molecule has 1 aromatic heterocycles. The number of anilines is 1. The van der Waals surface area contributed by atoms with Crippen LogP contribution in [0.2, 0.25) is 0 Å². The minimum absolute atomic E-state index is 0.0655. The maximum atomic E-state index is 11.3. The smallest absolute Gasteiger partial charge is 0.407 e. The number of piperidine rings is 2. The molecule has 1 N–H and O–H groups in total. The van der Waals surface area contributed by atoms with Crippen molar-refractivity contribution >= 4 is 21.9 Å². The Bertz CT molecular complexity index is 890. The topological polar surface area (TPSA) is 119 Å². The molecule has 2 saturated heterocycles. The molecule has 1 aromatic rings. The van der Waals surface area contributed by atoms with Crippen molar-refractivity contribution in [3.63, 3.8) is 0 Å². The molecule has 1 amide bonds. The lowest BCUT2D eigenvalue weighted by Crippen LogP contribution is -2.45. The zero-order valence-corrected chi connectivity index (χ0v) is 19.1. The van der Waals surface area contributed by atoms with Gasteiger partial charge < -0.3 is 24.4 Å².